The molecule has 0 amide bonds. The number of hydrogen-bond donors (Lipinski definition) is 0. The largest absolute Gasteiger partial charge is 1.00 e. The summed E-state index contributed by atoms with van der Waals surface area (Å²) in [5, 5.41) is 3.81. The Morgan fingerprint density at radius 1 is 1.75 bits per heavy atom. The minimum atomic E-state index is 0. The van der Waals surface area contributed by atoms with Crippen LogP contribution in [0.2, 0.25) is 0 Å². The molecule has 0 bridgehead atoms. The van der Waals surface area contributed by atoms with Crippen LogP contribution in [0.15, 0.2) is 6.07 Å². The molecule has 38 valence electrons. The minimum Gasteiger partial charge on any atom is -0.369 e. The van der Waals surface area contributed by atoms with Gasteiger partial charge in [-0.1, -0.05) is 6.92 Å². The normalized spacial score (nSPS) is 8.25. The monoisotopic (exact) mass is 134 g/mol. The molecule has 1 aromatic heterocycles. The summed E-state index contributed by atoms with van der Waals surface area (Å²) in [6.07, 6.45) is 2.71. The second-order valence-electron chi connectivity index (χ2n) is 1.54. The molecule has 1 aromatic rings. The third-order valence-corrected chi connectivity index (χ3v) is 0.992. The zero-order valence-electron chi connectivity index (χ0n) is 5.47. The molecule has 0 saturated heterocycles. The first-order valence-corrected chi connectivity index (χ1v) is 2.17. The first kappa shape index (κ1) is 8.85. The second-order valence-corrected chi connectivity index (χ2v) is 1.54. The number of aryl methyl sites for hydroxylation is 2. The van der Waals surface area contributed by atoms with Crippen LogP contribution in [0.1, 0.15) is 5.69 Å². The van der Waals surface area contributed by atoms with Gasteiger partial charge in [0.2, 0.25) is 0 Å². The Bertz CT molecular complexity index is 143. The molecule has 0 aliphatic rings. The maximum atomic E-state index is 3.81. The van der Waals surface area contributed by atoms with E-state index in [9.17, 15) is 0 Å². The summed E-state index contributed by atoms with van der Waals surface area (Å²) in [7, 11) is 1.89. The van der Waals surface area contributed by atoms with Crippen molar-refractivity contribution in [3.8, 4) is 0 Å². The van der Waals surface area contributed by atoms with E-state index in [2.05, 4.69) is 11.3 Å². The fraction of sp³-hybridized carbons (Fsp3) is 0.400. The molecule has 8 heavy (non-hydrogen) atoms. The molecule has 0 aliphatic carbocycles. The van der Waals surface area contributed by atoms with Crippen molar-refractivity contribution in [1.29, 1.82) is 0 Å². The van der Waals surface area contributed by atoms with Gasteiger partial charge in [0, 0.05) is 7.05 Å². The van der Waals surface area contributed by atoms with Gasteiger partial charge in [0.05, 0.1) is 0 Å². The van der Waals surface area contributed by atoms with E-state index in [0.29, 0.717) is 0 Å². The van der Waals surface area contributed by atoms with Gasteiger partial charge in [0.25, 0.3) is 0 Å². The average Bonchev–Trinajstić information content (AvgIpc) is 1.91. The number of aromatic nitrogens is 2. The van der Waals surface area contributed by atoms with E-state index in [4.69, 9.17) is 0 Å². The molecule has 0 fully saturated rings. The SMILES string of the molecule is Cc1c[c-]nn1C.[K+]. The van der Waals surface area contributed by atoms with Gasteiger partial charge in [-0.15, -0.1) is 11.9 Å². The molecule has 3 heteroatoms. The van der Waals surface area contributed by atoms with Crippen molar-refractivity contribution >= 4 is 0 Å². The Hall–Kier alpha value is 0.846. The summed E-state index contributed by atoms with van der Waals surface area (Å²) in [4.78, 5) is 0. The van der Waals surface area contributed by atoms with Gasteiger partial charge in [-0.2, -0.15) is 6.07 Å². The summed E-state index contributed by atoms with van der Waals surface area (Å²) in [5.41, 5.74) is 1.14. The van der Waals surface area contributed by atoms with E-state index in [1.54, 1.807) is 4.68 Å². The molecule has 0 spiro atoms. The van der Waals surface area contributed by atoms with Gasteiger partial charge in [-0.3, -0.25) is 0 Å². The molecule has 1 rings (SSSR count). The average molecular weight is 134 g/mol. The molecular formula is C5H7KN2. The first-order chi connectivity index (χ1) is 3.30. The number of nitrogens with zero attached hydrogens (tertiary/aromatic N) is 2. The van der Waals surface area contributed by atoms with E-state index in [1.807, 2.05) is 20.0 Å². The fourth-order valence-electron chi connectivity index (χ4n) is 0.381. The second kappa shape index (κ2) is 3.79. The zero-order chi connectivity index (χ0) is 5.28. The molecule has 0 aliphatic heterocycles. The topological polar surface area (TPSA) is 17.8 Å². The maximum absolute atomic E-state index is 3.81. The first-order valence-electron chi connectivity index (χ1n) is 2.17. The van der Waals surface area contributed by atoms with Gasteiger partial charge in [0.15, 0.2) is 0 Å². The standard InChI is InChI=1S/C5H7N2.K/c1-5-3-4-6-7(5)2;/h3H,1-2H3;/q-1;+1. The van der Waals surface area contributed by atoms with Gasteiger partial charge < -0.3 is 9.78 Å². The van der Waals surface area contributed by atoms with Crippen LogP contribution >= 0.6 is 0 Å². The number of rotatable bonds is 0. The molecule has 0 saturated carbocycles. The Kier molecular flexibility index (Phi) is 4.19. The predicted octanol–water partition coefficient (Wildman–Crippen LogP) is -2.47. The Labute approximate surface area is 91.7 Å². The van der Waals surface area contributed by atoms with E-state index < -0.39 is 0 Å². The minimum absolute atomic E-state index is 0. The van der Waals surface area contributed by atoms with Crippen molar-refractivity contribution in [2.75, 3.05) is 0 Å². The van der Waals surface area contributed by atoms with Crippen LogP contribution in [-0.2, 0) is 7.05 Å². The Morgan fingerprint density at radius 3 is 2.50 bits per heavy atom. The van der Waals surface area contributed by atoms with Crippen LogP contribution in [0.25, 0.3) is 0 Å². The zero-order valence-corrected chi connectivity index (χ0v) is 8.59. The van der Waals surface area contributed by atoms with Crippen molar-refractivity contribution in [3.05, 3.63) is 18.0 Å². The van der Waals surface area contributed by atoms with E-state index >= 15 is 0 Å². The third kappa shape index (κ3) is 1.99. The van der Waals surface area contributed by atoms with Crippen LogP contribution in [0.3, 0.4) is 0 Å². The third-order valence-electron chi connectivity index (χ3n) is 0.992. The molecule has 0 atom stereocenters. The maximum Gasteiger partial charge on any atom is 1.00 e. The predicted molar refractivity (Wildman–Crippen MR) is 26.8 cm³/mol. The van der Waals surface area contributed by atoms with Gasteiger partial charge in [0.1, 0.15) is 0 Å². The molecule has 1 heterocycles. The quantitative estimate of drug-likeness (QED) is 0.284. The summed E-state index contributed by atoms with van der Waals surface area (Å²) >= 11 is 0. The number of hydrogen-bond acceptors (Lipinski definition) is 1. The Balaban J connectivity index is 0.000000490. The van der Waals surface area contributed by atoms with Crippen LogP contribution in [0.5, 0.6) is 0 Å². The fourth-order valence-corrected chi connectivity index (χ4v) is 0.381. The van der Waals surface area contributed by atoms with Crippen molar-refractivity contribution in [2.24, 2.45) is 7.05 Å². The van der Waals surface area contributed by atoms with E-state index in [0.717, 1.165) is 5.69 Å². The summed E-state index contributed by atoms with van der Waals surface area (Å²) in [6, 6.07) is 1.85. The van der Waals surface area contributed by atoms with Gasteiger partial charge >= 0.3 is 51.4 Å². The Morgan fingerprint density at radius 2 is 2.38 bits per heavy atom. The molecule has 0 radical (unpaired) electrons. The van der Waals surface area contributed by atoms with Crippen molar-refractivity contribution in [2.45, 2.75) is 6.92 Å². The van der Waals surface area contributed by atoms with Crippen LogP contribution in [0.4, 0.5) is 0 Å². The van der Waals surface area contributed by atoms with Crippen molar-refractivity contribution in [3.63, 3.8) is 0 Å². The summed E-state index contributed by atoms with van der Waals surface area (Å²) in [5.74, 6) is 0. The van der Waals surface area contributed by atoms with Crippen LogP contribution in [-0.4, -0.2) is 9.78 Å². The molecule has 0 unspecified atom stereocenters. The van der Waals surface area contributed by atoms with Crippen LogP contribution < -0.4 is 51.4 Å². The summed E-state index contributed by atoms with van der Waals surface area (Å²) < 4.78 is 1.78. The van der Waals surface area contributed by atoms with Crippen molar-refractivity contribution in [1.82, 2.24) is 9.78 Å². The molecule has 2 nitrogen and oxygen atoms in total. The van der Waals surface area contributed by atoms with E-state index in [1.165, 1.54) is 0 Å². The van der Waals surface area contributed by atoms with Crippen molar-refractivity contribution < 1.29 is 51.4 Å². The molecular weight excluding hydrogens is 127 g/mol. The van der Waals surface area contributed by atoms with Gasteiger partial charge in [-0.25, -0.2) is 0 Å². The smallest absolute Gasteiger partial charge is 0.369 e. The molecule has 0 N–H and O–H groups in total. The summed E-state index contributed by atoms with van der Waals surface area (Å²) in [6.45, 7) is 1.99. The molecule has 0 aromatic carbocycles. The van der Waals surface area contributed by atoms with E-state index in [-0.39, 0.29) is 51.4 Å². The van der Waals surface area contributed by atoms with Crippen LogP contribution in [0, 0.1) is 13.1 Å². The van der Waals surface area contributed by atoms with Gasteiger partial charge in [-0.05, 0) is 0 Å².